The van der Waals surface area contributed by atoms with Crippen LogP contribution in [0, 0.1) is 0 Å². The van der Waals surface area contributed by atoms with Crippen molar-refractivity contribution in [1.29, 1.82) is 0 Å². The third-order valence-corrected chi connectivity index (χ3v) is 2.78. The topological polar surface area (TPSA) is 49.4 Å². The van der Waals surface area contributed by atoms with Gasteiger partial charge in [-0.2, -0.15) is 0 Å². The van der Waals surface area contributed by atoms with E-state index in [1.807, 2.05) is 0 Å². The molecule has 1 heterocycles. The fourth-order valence-electron chi connectivity index (χ4n) is 1.86. The molecule has 0 aromatic rings. The summed E-state index contributed by atoms with van der Waals surface area (Å²) in [6, 6.07) is -0.263. The van der Waals surface area contributed by atoms with E-state index < -0.39 is 0 Å². The summed E-state index contributed by atoms with van der Waals surface area (Å²) in [5, 5.41) is 2.52. The molecular formula is C11H20N2O2. The van der Waals surface area contributed by atoms with Crippen LogP contribution >= 0.6 is 0 Å². The largest absolute Gasteiger partial charge is 0.341 e. The monoisotopic (exact) mass is 212 g/mol. The minimum absolute atomic E-state index is 0.0312. The second kappa shape index (κ2) is 6.43. The first-order valence-corrected chi connectivity index (χ1v) is 5.78. The number of nitrogens with one attached hydrogen (secondary N) is 1. The smallest absolute Gasteiger partial charge is 0.323 e. The first-order chi connectivity index (χ1) is 7.25. The van der Waals surface area contributed by atoms with E-state index in [9.17, 15) is 9.59 Å². The SMILES string of the molecule is CNC(=O)N1CCCCCCCCC1=O. The molecule has 15 heavy (non-hydrogen) atoms. The van der Waals surface area contributed by atoms with Gasteiger partial charge in [0.25, 0.3) is 0 Å². The van der Waals surface area contributed by atoms with E-state index in [1.54, 1.807) is 7.05 Å². The summed E-state index contributed by atoms with van der Waals surface area (Å²) in [7, 11) is 1.56. The average molecular weight is 212 g/mol. The molecular weight excluding hydrogens is 192 g/mol. The lowest BCUT2D eigenvalue weighted by Gasteiger charge is -2.21. The summed E-state index contributed by atoms with van der Waals surface area (Å²) in [5.41, 5.74) is 0. The summed E-state index contributed by atoms with van der Waals surface area (Å²) in [6.07, 6.45) is 7.00. The third-order valence-electron chi connectivity index (χ3n) is 2.78. The Labute approximate surface area is 91.0 Å². The highest BCUT2D eigenvalue weighted by Gasteiger charge is 2.19. The van der Waals surface area contributed by atoms with Crippen LogP contribution in [0.4, 0.5) is 4.79 Å². The van der Waals surface area contributed by atoms with Crippen LogP contribution in [0.3, 0.4) is 0 Å². The van der Waals surface area contributed by atoms with Crippen molar-refractivity contribution in [2.24, 2.45) is 0 Å². The van der Waals surface area contributed by atoms with Gasteiger partial charge in [-0.15, -0.1) is 0 Å². The molecule has 1 saturated heterocycles. The van der Waals surface area contributed by atoms with E-state index in [1.165, 1.54) is 17.7 Å². The number of urea groups is 1. The molecule has 0 atom stereocenters. The number of hydrogen-bond donors (Lipinski definition) is 1. The highest BCUT2D eigenvalue weighted by molar-refractivity contribution is 5.94. The summed E-state index contributed by atoms with van der Waals surface area (Å²) in [6.45, 7) is 0.568. The predicted octanol–water partition coefficient (Wildman–Crippen LogP) is 1.90. The molecule has 0 aliphatic carbocycles. The van der Waals surface area contributed by atoms with E-state index in [4.69, 9.17) is 0 Å². The van der Waals surface area contributed by atoms with Gasteiger partial charge >= 0.3 is 6.03 Å². The molecule has 3 amide bonds. The van der Waals surface area contributed by atoms with Crippen LogP contribution in [-0.4, -0.2) is 30.4 Å². The van der Waals surface area contributed by atoms with Gasteiger partial charge in [-0.05, 0) is 12.8 Å². The summed E-state index contributed by atoms with van der Waals surface area (Å²) < 4.78 is 0. The number of nitrogens with zero attached hydrogens (tertiary/aromatic N) is 1. The Balaban J connectivity index is 2.54. The molecule has 1 fully saturated rings. The molecule has 0 aromatic carbocycles. The maximum absolute atomic E-state index is 11.7. The van der Waals surface area contributed by atoms with Crippen LogP contribution in [-0.2, 0) is 4.79 Å². The molecule has 4 nitrogen and oxygen atoms in total. The number of imide groups is 1. The van der Waals surface area contributed by atoms with Crippen LogP contribution in [0.2, 0.25) is 0 Å². The van der Waals surface area contributed by atoms with Crippen molar-refractivity contribution in [3.05, 3.63) is 0 Å². The molecule has 0 saturated carbocycles. The lowest BCUT2D eigenvalue weighted by molar-refractivity contribution is -0.128. The van der Waals surface area contributed by atoms with Crippen molar-refractivity contribution in [1.82, 2.24) is 10.2 Å². The standard InChI is InChI=1S/C11H20N2O2/c1-12-11(15)13-9-7-5-3-2-4-6-8-10(13)14/h2-9H2,1H3,(H,12,15). The van der Waals surface area contributed by atoms with Gasteiger partial charge in [0.1, 0.15) is 0 Å². The second-order valence-corrected chi connectivity index (χ2v) is 3.97. The van der Waals surface area contributed by atoms with Crippen molar-refractivity contribution < 1.29 is 9.59 Å². The van der Waals surface area contributed by atoms with Crippen molar-refractivity contribution in [3.8, 4) is 0 Å². The van der Waals surface area contributed by atoms with Crippen LogP contribution in [0.1, 0.15) is 44.9 Å². The lowest BCUT2D eigenvalue weighted by Crippen LogP contribution is -2.43. The maximum atomic E-state index is 11.7. The van der Waals surface area contributed by atoms with Gasteiger partial charge < -0.3 is 5.32 Å². The molecule has 1 aliphatic heterocycles. The molecule has 4 heteroatoms. The number of hydrogen-bond acceptors (Lipinski definition) is 2. The molecule has 0 bridgehead atoms. The maximum Gasteiger partial charge on any atom is 0.323 e. The average Bonchev–Trinajstić information content (AvgIpc) is 2.26. The highest BCUT2D eigenvalue weighted by atomic mass is 16.2. The normalized spacial score (nSPS) is 19.8. The molecule has 0 unspecified atom stereocenters. The number of carbonyl (C=O) groups excluding carboxylic acids is 2. The van der Waals surface area contributed by atoms with Crippen molar-refractivity contribution in [3.63, 3.8) is 0 Å². The molecule has 1 rings (SSSR count). The zero-order valence-electron chi connectivity index (χ0n) is 9.42. The zero-order valence-corrected chi connectivity index (χ0v) is 9.42. The first kappa shape index (κ1) is 12.0. The quantitative estimate of drug-likeness (QED) is 0.666. The lowest BCUT2D eigenvalue weighted by atomic mass is 10.1. The Morgan fingerprint density at radius 3 is 2.40 bits per heavy atom. The first-order valence-electron chi connectivity index (χ1n) is 5.78. The van der Waals surface area contributed by atoms with E-state index >= 15 is 0 Å². The van der Waals surface area contributed by atoms with Gasteiger partial charge in [-0.3, -0.25) is 9.69 Å². The van der Waals surface area contributed by atoms with E-state index in [2.05, 4.69) is 5.32 Å². The Hall–Kier alpha value is -1.06. The highest BCUT2D eigenvalue weighted by Crippen LogP contribution is 2.12. The van der Waals surface area contributed by atoms with Gasteiger partial charge in [0.2, 0.25) is 5.91 Å². The van der Waals surface area contributed by atoms with Crippen LogP contribution in [0.25, 0.3) is 0 Å². The molecule has 1 aliphatic rings. The molecule has 0 spiro atoms. The fourth-order valence-corrected chi connectivity index (χ4v) is 1.86. The Morgan fingerprint density at radius 1 is 1.13 bits per heavy atom. The minimum Gasteiger partial charge on any atom is -0.341 e. The van der Waals surface area contributed by atoms with Gasteiger partial charge in [0.15, 0.2) is 0 Å². The van der Waals surface area contributed by atoms with E-state index in [0.717, 1.165) is 25.7 Å². The number of rotatable bonds is 0. The van der Waals surface area contributed by atoms with Crippen molar-refractivity contribution in [2.45, 2.75) is 44.9 Å². The molecule has 86 valence electrons. The summed E-state index contributed by atoms with van der Waals surface area (Å²) in [4.78, 5) is 24.5. The summed E-state index contributed by atoms with van der Waals surface area (Å²) in [5.74, 6) is -0.0312. The van der Waals surface area contributed by atoms with E-state index in [-0.39, 0.29) is 11.9 Å². The van der Waals surface area contributed by atoms with Crippen molar-refractivity contribution >= 4 is 11.9 Å². The Bertz CT molecular complexity index is 229. The van der Waals surface area contributed by atoms with Crippen LogP contribution in [0.15, 0.2) is 0 Å². The molecule has 0 radical (unpaired) electrons. The van der Waals surface area contributed by atoms with Gasteiger partial charge in [0.05, 0.1) is 0 Å². The minimum atomic E-state index is -0.263. The molecule has 1 N–H and O–H groups in total. The Kier molecular flexibility index (Phi) is 5.15. The van der Waals surface area contributed by atoms with E-state index in [0.29, 0.717) is 13.0 Å². The van der Waals surface area contributed by atoms with Crippen molar-refractivity contribution in [2.75, 3.05) is 13.6 Å². The second-order valence-electron chi connectivity index (χ2n) is 3.97. The van der Waals surface area contributed by atoms with Gasteiger partial charge in [-0.1, -0.05) is 25.7 Å². The predicted molar refractivity (Wildman–Crippen MR) is 58.5 cm³/mol. The summed E-state index contributed by atoms with van der Waals surface area (Å²) >= 11 is 0. The van der Waals surface area contributed by atoms with Gasteiger partial charge in [-0.25, -0.2) is 4.79 Å². The number of amides is 3. The van der Waals surface area contributed by atoms with Crippen LogP contribution in [0.5, 0.6) is 0 Å². The zero-order chi connectivity index (χ0) is 11.1. The van der Waals surface area contributed by atoms with Gasteiger partial charge in [0, 0.05) is 20.0 Å². The molecule has 0 aromatic heterocycles. The Morgan fingerprint density at radius 2 is 1.73 bits per heavy atom. The number of carbonyl (C=O) groups is 2. The third kappa shape index (κ3) is 3.90. The fraction of sp³-hybridized carbons (Fsp3) is 0.818. The van der Waals surface area contributed by atoms with Crippen LogP contribution < -0.4 is 5.32 Å².